The zero-order chi connectivity index (χ0) is 15.5. The van der Waals surface area contributed by atoms with Crippen LogP contribution < -0.4 is 10.1 Å². The van der Waals surface area contributed by atoms with Crippen LogP contribution in [0.1, 0.15) is 25.8 Å². The third-order valence-electron chi connectivity index (χ3n) is 3.73. The third kappa shape index (κ3) is 3.54. The monoisotopic (exact) mass is 290 g/mol. The predicted octanol–water partition coefficient (Wildman–Crippen LogP) is 1.36. The number of rotatable bonds is 4. The van der Waals surface area contributed by atoms with Crippen molar-refractivity contribution in [3.8, 4) is 5.75 Å². The summed E-state index contributed by atoms with van der Waals surface area (Å²) in [7, 11) is 1.64. The van der Waals surface area contributed by atoms with Gasteiger partial charge in [-0.3, -0.25) is 9.59 Å². The molecule has 1 aliphatic heterocycles. The Kier molecular flexibility index (Phi) is 4.50. The number of methoxy groups -OCH3 is 1. The third-order valence-corrected chi connectivity index (χ3v) is 3.73. The van der Waals surface area contributed by atoms with Crippen LogP contribution in [0.25, 0.3) is 0 Å². The molecule has 0 atom stereocenters. The Morgan fingerprint density at radius 1 is 1.29 bits per heavy atom. The lowest BCUT2D eigenvalue weighted by atomic mass is 10.0. The van der Waals surface area contributed by atoms with Crippen molar-refractivity contribution in [2.24, 2.45) is 0 Å². The Morgan fingerprint density at radius 2 is 2.00 bits per heavy atom. The van der Waals surface area contributed by atoms with Crippen molar-refractivity contribution >= 4 is 11.8 Å². The Morgan fingerprint density at radius 3 is 2.71 bits per heavy atom. The molecule has 1 aromatic rings. The number of ether oxygens (including phenoxy) is 1. The SMILES string of the molecule is COc1ccccc1CCN1CCC(=O)NC(C)(C)C1=O. The molecule has 1 aliphatic rings. The molecule has 5 heteroatoms. The van der Waals surface area contributed by atoms with Crippen LogP contribution in [0.4, 0.5) is 0 Å². The molecular weight excluding hydrogens is 268 g/mol. The number of nitrogens with zero attached hydrogens (tertiary/aromatic N) is 1. The smallest absolute Gasteiger partial charge is 0.247 e. The van der Waals surface area contributed by atoms with Crippen LogP contribution in [0.15, 0.2) is 24.3 Å². The Labute approximate surface area is 125 Å². The van der Waals surface area contributed by atoms with Crippen molar-refractivity contribution in [3.05, 3.63) is 29.8 Å². The maximum atomic E-state index is 12.5. The highest BCUT2D eigenvalue weighted by Crippen LogP contribution is 2.19. The van der Waals surface area contributed by atoms with E-state index in [1.165, 1.54) is 0 Å². The molecular formula is C16H22N2O3. The van der Waals surface area contributed by atoms with Gasteiger partial charge < -0.3 is 15.0 Å². The maximum absolute atomic E-state index is 12.5. The molecule has 5 nitrogen and oxygen atoms in total. The van der Waals surface area contributed by atoms with Gasteiger partial charge in [0.25, 0.3) is 0 Å². The summed E-state index contributed by atoms with van der Waals surface area (Å²) in [5.41, 5.74) is 0.225. The fraction of sp³-hybridized carbons (Fsp3) is 0.500. The van der Waals surface area contributed by atoms with E-state index >= 15 is 0 Å². The molecule has 0 aliphatic carbocycles. The Bertz CT molecular complexity index is 540. The highest BCUT2D eigenvalue weighted by molar-refractivity contribution is 5.92. The number of hydrogen-bond acceptors (Lipinski definition) is 3. The number of hydrogen-bond donors (Lipinski definition) is 1. The Balaban J connectivity index is 2.08. The van der Waals surface area contributed by atoms with Crippen molar-refractivity contribution in [2.45, 2.75) is 32.2 Å². The molecule has 2 rings (SSSR count). The summed E-state index contributed by atoms with van der Waals surface area (Å²) in [5, 5.41) is 2.76. The minimum absolute atomic E-state index is 0.0387. The molecule has 2 amide bonds. The quantitative estimate of drug-likeness (QED) is 0.911. The first-order valence-corrected chi connectivity index (χ1v) is 7.16. The van der Waals surface area contributed by atoms with Gasteiger partial charge in [-0.15, -0.1) is 0 Å². The summed E-state index contributed by atoms with van der Waals surface area (Å²) >= 11 is 0. The summed E-state index contributed by atoms with van der Waals surface area (Å²) < 4.78 is 5.32. The van der Waals surface area contributed by atoms with Crippen LogP contribution in [-0.2, 0) is 16.0 Å². The lowest BCUT2D eigenvalue weighted by Crippen LogP contribution is -2.53. The van der Waals surface area contributed by atoms with Crippen molar-refractivity contribution < 1.29 is 14.3 Å². The van der Waals surface area contributed by atoms with E-state index in [1.807, 2.05) is 24.3 Å². The molecule has 0 bridgehead atoms. The molecule has 21 heavy (non-hydrogen) atoms. The second-order valence-corrected chi connectivity index (χ2v) is 5.78. The first kappa shape index (κ1) is 15.4. The standard InChI is InChI=1S/C16H22N2O3/c1-16(2)15(20)18(11-9-14(19)17-16)10-8-12-6-4-5-7-13(12)21-3/h4-7H,8-11H2,1-3H3,(H,17,19). The van der Waals surface area contributed by atoms with Gasteiger partial charge in [-0.1, -0.05) is 18.2 Å². The van der Waals surface area contributed by atoms with Crippen molar-refractivity contribution in [3.63, 3.8) is 0 Å². The first-order valence-electron chi connectivity index (χ1n) is 7.16. The predicted molar refractivity (Wildman–Crippen MR) is 80.1 cm³/mol. The molecule has 0 spiro atoms. The number of carbonyl (C=O) groups is 2. The van der Waals surface area contributed by atoms with Crippen LogP contribution in [0.3, 0.4) is 0 Å². The second kappa shape index (κ2) is 6.16. The van der Waals surface area contributed by atoms with Crippen LogP contribution in [0.5, 0.6) is 5.75 Å². The second-order valence-electron chi connectivity index (χ2n) is 5.78. The van der Waals surface area contributed by atoms with Crippen molar-refractivity contribution in [1.29, 1.82) is 0 Å². The molecule has 0 radical (unpaired) electrons. The lowest BCUT2D eigenvalue weighted by molar-refractivity contribution is -0.137. The van der Waals surface area contributed by atoms with Gasteiger partial charge in [-0.05, 0) is 31.9 Å². The van der Waals surface area contributed by atoms with Crippen LogP contribution in [0, 0.1) is 0 Å². The fourth-order valence-corrected chi connectivity index (χ4v) is 2.58. The first-order chi connectivity index (χ1) is 9.94. The molecule has 1 saturated heterocycles. The fourth-order valence-electron chi connectivity index (χ4n) is 2.58. The van der Waals surface area contributed by atoms with Gasteiger partial charge in [0.1, 0.15) is 11.3 Å². The summed E-state index contributed by atoms with van der Waals surface area (Å²) in [4.78, 5) is 25.9. The van der Waals surface area contributed by atoms with E-state index in [1.54, 1.807) is 25.9 Å². The summed E-state index contributed by atoms with van der Waals surface area (Å²) in [6.07, 6.45) is 1.06. The van der Waals surface area contributed by atoms with E-state index in [4.69, 9.17) is 4.74 Å². The van der Waals surface area contributed by atoms with Gasteiger partial charge in [0.15, 0.2) is 0 Å². The van der Waals surface area contributed by atoms with Crippen LogP contribution in [0.2, 0.25) is 0 Å². The number of carbonyl (C=O) groups excluding carboxylic acids is 2. The van der Waals surface area contributed by atoms with Gasteiger partial charge in [-0.2, -0.15) is 0 Å². The van der Waals surface area contributed by atoms with E-state index in [-0.39, 0.29) is 11.8 Å². The average molecular weight is 290 g/mol. The largest absolute Gasteiger partial charge is 0.496 e. The minimum Gasteiger partial charge on any atom is -0.496 e. The molecule has 1 aromatic carbocycles. The van der Waals surface area contributed by atoms with Crippen LogP contribution >= 0.6 is 0 Å². The molecule has 0 unspecified atom stereocenters. The molecule has 0 aromatic heterocycles. The highest BCUT2D eigenvalue weighted by Gasteiger charge is 2.36. The topological polar surface area (TPSA) is 58.6 Å². The van der Waals surface area contributed by atoms with E-state index in [9.17, 15) is 9.59 Å². The van der Waals surface area contributed by atoms with Gasteiger partial charge in [0, 0.05) is 19.5 Å². The van der Waals surface area contributed by atoms with E-state index in [0.717, 1.165) is 11.3 Å². The number of amides is 2. The van der Waals surface area contributed by atoms with E-state index in [0.29, 0.717) is 25.9 Å². The zero-order valence-electron chi connectivity index (χ0n) is 12.8. The molecule has 1 fully saturated rings. The summed E-state index contributed by atoms with van der Waals surface area (Å²) in [5.74, 6) is 0.713. The average Bonchev–Trinajstić information content (AvgIpc) is 2.55. The lowest BCUT2D eigenvalue weighted by Gasteiger charge is -2.29. The number of benzene rings is 1. The van der Waals surface area contributed by atoms with Gasteiger partial charge in [-0.25, -0.2) is 0 Å². The molecule has 114 valence electrons. The van der Waals surface area contributed by atoms with Crippen molar-refractivity contribution in [2.75, 3.05) is 20.2 Å². The van der Waals surface area contributed by atoms with Gasteiger partial charge in [0.2, 0.25) is 11.8 Å². The maximum Gasteiger partial charge on any atom is 0.247 e. The van der Waals surface area contributed by atoms with Gasteiger partial charge >= 0.3 is 0 Å². The van der Waals surface area contributed by atoms with Gasteiger partial charge in [0.05, 0.1) is 7.11 Å². The number of para-hydroxylation sites is 1. The van der Waals surface area contributed by atoms with E-state index in [2.05, 4.69) is 5.32 Å². The highest BCUT2D eigenvalue weighted by atomic mass is 16.5. The molecule has 1 heterocycles. The van der Waals surface area contributed by atoms with Crippen molar-refractivity contribution in [1.82, 2.24) is 10.2 Å². The molecule has 0 saturated carbocycles. The summed E-state index contributed by atoms with van der Waals surface area (Å²) in [6.45, 7) is 4.53. The van der Waals surface area contributed by atoms with E-state index < -0.39 is 5.54 Å². The normalized spacial score (nSPS) is 18.1. The Hall–Kier alpha value is -2.04. The summed E-state index contributed by atoms with van der Waals surface area (Å²) in [6, 6.07) is 7.78. The zero-order valence-corrected chi connectivity index (χ0v) is 12.8. The minimum atomic E-state index is -0.839. The van der Waals surface area contributed by atoms with Crippen LogP contribution in [-0.4, -0.2) is 42.5 Å². The molecule has 1 N–H and O–H groups in total. The number of nitrogens with one attached hydrogen (secondary N) is 1.